The highest BCUT2D eigenvalue weighted by Gasteiger charge is 2.16. The molecule has 0 heterocycles. The highest BCUT2D eigenvalue weighted by Crippen LogP contribution is 2.29. The van der Waals surface area contributed by atoms with Crippen molar-refractivity contribution >= 4 is 11.6 Å². The van der Waals surface area contributed by atoms with Gasteiger partial charge in [0.15, 0.2) is 0 Å². The first-order chi connectivity index (χ1) is 9.20. The lowest BCUT2D eigenvalue weighted by Crippen LogP contribution is -2.18. The molecule has 0 saturated heterocycles. The lowest BCUT2D eigenvalue weighted by atomic mass is 9.99. The second-order valence-corrected chi connectivity index (χ2v) is 5.44. The molecule has 108 valence electrons. The monoisotopic (exact) mass is 285 g/mol. The van der Waals surface area contributed by atoms with Crippen molar-refractivity contribution in [2.24, 2.45) is 0 Å². The molecule has 0 saturated carbocycles. The van der Waals surface area contributed by atoms with E-state index in [0.717, 1.165) is 12.8 Å². The summed E-state index contributed by atoms with van der Waals surface area (Å²) in [5.41, 5.74) is 0.611. The molecule has 0 fully saturated rings. The number of benzene rings is 1. The number of nitrogens with one attached hydrogen (secondary N) is 1. The van der Waals surface area contributed by atoms with Crippen LogP contribution in [0.25, 0.3) is 0 Å². The zero-order valence-electron chi connectivity index (χ0n) is 12.0. The first kappa shape index (κ1) is 16.5. The molecule has 0 aliphatic carbocycles. The molecular formula is C16H25ClFN. The maximum atomic E-state index is 13.8. The summed E-state index contributed by atoms with van der Waals surface area (Å²) in [6.45, 7) is 2.22. The van der Waals surface area contributed by atoms with Crippen molar-refractivity contribution in [1.29, 1.82) is 0 Å². The molecule has 1 atom stereocenters. The molecular weight excluding hydrogens is 261 g/mol. The largest absolute Gasteiger partial charge is 0.313 e. The fourth-order valence-electron chi connectivity index (χ4n) is 2.41. The van der Waals surface area contributed by atoms with Gasteiger partial charge in [0.25, 0.3) is 0 Å². The molecule has 1 nitrogen and oxygen atoms in total. The van der Waals surface area contributed by atoms with E-state index in [2.05, 4.69) is 12.2 Å². The van der Waals surface area contributed by atoms with Crippen LogP contribution in [0.2, 0.25) is 5.02 Å². The molecule has 0 bridgehead atoms. The third-order valence-electron chi connectivity index (χ3n) is 3.54. The van der Waals surface area contributed by atoms with Crippen molar-refractivity contribution in [2.75, 3.05) is 7.05 Å². The zero-order valence-corrected chi connectivity index (χ0v) is 12.8. The van der Waals surface area contributed by atoms with Crippen molar-refractivity contribution < 1.29 is 4.39 Å². The Balaban J connectivity index is 2.45. The molecule has 0 spiro atoms. The average molecular weight is 286 g/mol. The smallest absolute Gasteiger partial charge is 0.129 e. The third kappa shape index (κ3) is 5.50. The van der Waals surface area contributed by atoms with E-state index in [-0.39, 0.29) is 11.9 Å². The fourth-order valence-corrected chi connectivity index (χ4v) is 2.70. The Morgan fingerprint density at radius 3 is 2.47 bits per heavy atom. The first-order valence-electron chi connectivity index (χ1n) is 7.31. The van der Waals surface area contributed by atoms with Crippen LogP contribution in [0, 0.1) is 5.82 Å². The Morgan fingerprint density at radius 2 is 1.84 bits per heavy atom. The Bertz CT molecular complexity index is 348. The van der Waals surface area contributed by atoms with Gasteiger partial charge < -0.3 is 5.32 Å². The van der Waals surface area contributed by atoms with Crippen LogP contribution < -0.4 is 5.32 Å². The lowest BCUT2D eigenvalue weighted by Gasteiger charge is -2.18. The number of unbranched alkanes of at least 4 members (excludes halogenated alkanes) is 5. The molecule has 0 aliphatic heterocycles. The normalized spacial score (nSPS) is 12.6. The van der Waals surface area contributed by atoms with Crippen LogP contribution >= 0.6 is 11.6 Å². The van der Waals surface area contributed by atoms with Gasteiger partial charge in [-0.2, -0.15) is 0 Å². The molecule has 1 aromatic carbocycles. The van der Waals surface area contributed by atoms with Gasteiger partial charge in [-0.15, -0.1) is 0 Å². The Kier molecular flexibility index (Phi) is 8.08. The summed E-state index contributed by atoms with van der Waals surface area (Å²) in [6.07, 6.45) is 8.42. The maximum Gasteiger partial charge on any atom is 0.129 e. The molecule has 19 heavy (non-hydrogen) atoms. The van der Waals surface area contributed by atoms with Gasteiger partial charge in [0.1, 0.15) is 5.82 Å². The van der Waals surface area contributed by atoms with E-state index in [1.807, 2.05) is 7.05 Å². The van der Waals surface area contributed by atoms with Crippen LogP contribution in [0.4, 0.5) is 4.39 Å². The number of hydrogen-bond acceptors (Lipinski definition) is 1. The highest BCUT2D eigenvalue weighted by atomic mass is 35.5. The summed E-state index contributed by atoms with van der Waals surface area (Å²) in [6, 6.07) is 4.90. The Morgan fingerprint density at radius 1 is 1.16 bits per heavy atom. The number of hydrogen-bond donors (Lipinski definition) is 1. The summed E-state index contributed by atoms with van der Waals surface area (Å²) in [5.74, 6) is -0.210. The van der Waals surface area contributed by atoms with E-state index < -0.39 is 0 Å². The molecule has 1 unspecified atom stereocenters. The van der Waals surface area contributed by atoms with Crippen molar-refractivity contribution in [3.63, 3.8) is 0 Å². The second-order valence-electron chi connectivity index (χ2n) is 5.03. The van der Waals surface area contributed by atoms with Crippen LogP contribution in [-0.4, -0.2) is 7.05 Å². The molecule has 1 N–H and O–H groups in total. The standard InChI is InChI=1S/C16H25ClFN/c1-3-4-5-6-7-8-12-15(19-2)16-13(17)10-9-11-14(16)18/h9-11,15,19H,3-8,12H2,1-2H3. The minimum Gasteiger partial charge on any atom is -0.313 e. The second kappa shape index (κ2) is 9.33. The van der Waals surface area contributed by atoms with Gasteiger partial charge in [-0.05, 0) is 25.6 Å². The highest BCUT2D eigenvalue weighted by molar-refractivity contribution is 6.31. The summed E-state index contributed by atoms with van der Waals surface area (Å²) in [4.78, 5) is 0. The van der Waals surface area contributed by atoms with Gasteiger partial charge >= 0.3 is 0 Å². The van der Waals surface area contributed by atoms with E-state index >= 15 is 0 Å². The van der Waals surface area contributed by atoms with Crippen LogP contribution in [-0.2, 0) is 0 Å². The predicted molar refractivity (Wildman–Crippen MR) is 81.2 cm³/mol. The molecule has 0 aliphatic rings. The SMILES string of the molecule is CCCCCCCCC(NC)c1c(F)cccc1Cl. The van der Waals surface area contributed by atoms with E-state index in [4.69, 9.17) is 11.6 Å². The molecule has 0 radical (unpaired) electrons. The van der Waals surface area contributed by atoms with Crippen LogP contribution in [0.3, 0.4) is 0 Å². The van der Waals surface area contributed by atoms with Gasteiger partial charge in [-0.1, -0.05) is 63.1 Å². The zero-order chi connectivity index (χ0) is 14.1. The number of halogens is 2. The van der Waals surface area contributed by atoms with E-state index in [0.29, 0.717) is 10.6 Å². The number of rotatable bonds is 9. The quantitative estimate of drug-likeness (QED) is 0.592. The van der Waals surface area contributed by atoms with Gasteiger partial charge in [0, 0.05) is 16.6 Å². The van der Waals surface area contributed by atoms with Crippen LogP contribution in [0.5, 0.6) is 0 Å². The molecule has 0 aromatic heterocycles. The molecule has 1 aromatic rings. The van der Waals surface area contributed by atoms with Gasteiger partial charge in [-0.3, -0.25) is 0 Å². The van der Waals surface area contributed by atoms with Gasteiger partial charge in [-0.25, -0.2) is 4.39 Å². The van der Waals surface area contributed by atoms with Gasteiger partial charge in [0.05, 0.1) is 0 Å². The van der Waals surface area contributed by atoms with Crippen molar-refractivity contribution in [1.82, 2.24) is 5.32 Å². The van der Waals surface area contributed by atoms with Crippen LogP contribution in [0.15, 0.2) is 18.2 Å². The lowest BCUT2D eigenvalue weighted by molar-refractivity contribution is 0.476. The van der Waals surface area contributed by atoms with Crippen molar-refractivity contribution in [3.05, 3.63) is 34.6 Å². The van der Waals surface area contributed by atoms with Crippen molar-refractivity contribution in [2.45, 2.75) is 57.9 Å². The van der Waals surface area contributed by atoms with E-state index in [9.17, 15) is 4.39 Å². The minimum absolute atomic E-state index is 0.0138. The average Bonchev–Trinajstić information content (AvgIpc) is 2.40. The summed E-state index contributed by atoms with van der Waals surface area (Å²) < 4.78 is 13.8. The first-order valence-corrected chi connectivity index (χ1v) is 7.69. The Hall–Kier alpha value is -0.600. The summed E-state index contributed by atoms with van der Waals surface area (Å²) in [5, 5.41) is 3.70. The third-order valence-corrected chi connectivity index (χ3v) is 3.87. The Labute approximate surface area is 121 Å². The molecule has 1 rings (SSSR count). The summed E-state index contributed by atoms with van der Waals surface area (Å²) in [7, 11) is 1.87. The molecule has 3 heteroatoms. The minimum atomic E-state index is -0.210. The van der Waals surface area contributed by atoms with Gasteiger partial charge in [0.2, 0.25) is 0 Å². The predicted octanol–water partition coefficient (Wildman–Crippen LogP) is 5.49. The maximum absolute atomic E-state index is 13.8. The fraction of sp³-hybridized carbons (Fsp3) is 0.625. The van der Waals surface area contributed by atoms with E-state index in [1.54, 1.807) is 12.1 Å². The molecule has 0 amide bonds. The van der Waals surface area contributed by atoms with Crippen LogP contribution in [0.1, 0.15) is 63.5 Å². The summed E-state index contributed by atoms with van der Waals surface area (Å²) >= 11 is 6.10. The van der Waals surface area contributed by atoms with Crippen molar-refractivity contribution in [3.8, 4) is 0 Å². The van der Waals surface area contributed by atoms with E-state index in [1.165, 1.54) is 38.2 Å². The topological polar surface area (TPSA) is 12.0 Å².